The lowest BCUT2D eigenvalue weighted by atomic mass is 9.95. The average molecular weight is 149 g/mol. The van der Waals surface area contributed by atoms with Crippen molar-refractivity contribution in [3.05, 3.63) is 24.8 Å². The molecule has 2 bridgehead atoms. The second-order valence-electron chi connectivity index (χ2n) is 3.60. The summed E-state index contributed by atoms with van der Waals surface area (Å²) in [5.74, 6) is 0.889. The Bertz CT molecular complexity index is 175. The van der Waals surface area contributed by atoms with E-state index >= 15 is 0 Å². The molecule has 0 saturated carbocycles. The molecule has 1 heteroatoms. The van der Waals surface area contributed by atoms with Crippen molar-refractivity contribution in [2.24, 2.45) is 5.92 Å². The summed E-state index contributed by atoms with van der Waals surface area (Å²) in [7, 11) is 0. The van der Waals surface area contributed by atoms with E-state index in [1.165, 1.54) is 31.5 Å². The van der Waals surface area contributed by atoms with Crippen molar-refractivity contribution in [3.63, 3.8) is 0 Å². The summed E-state index contributed by atoms with van der Waals surface area (Å²) in [6, 6.07) is 0.646. The molecule has 1 nitrogen and oxygen atoms in total. The third kappa shape index (κ3) is 0.951. The van der Waals surface area contributed by atoms with Crippen molar-refractivity contribution in [1.82, 2.24) is 4.90 Å². The van der Waals surface area contributed by atoms with Crippen molar-refractivity contribution >= 4 is 0 Å². The highest BCUT2D eigenvalue weighted by atomic mass is 15.2. The van der Waals surface area contributed by atoms with Crippen LogP contribution in [-0.2, 0) is 0 Å². The second kappa shape index (κ2) is 2.49. The Morgan fingerprint density at radius 3 is 2.36 bits per heavy atom. The predicted molar refractivity (Wildman–Crippen MR) is 47.4 cm³/mol. The molecule has 2 aliphatic rings. The molecule has 2 heterocycles. The van der Waals surface area contributed by atoms with Crippen LogP contribution in [0.3, 0.4) is 0 Å². The topological polar surface area (TPSA) is 3.24 Å². The molecule has 1 unspecified atom stereocenters. The highest BCUT2D eigenvalue weighted by Crippen LogP contribution is 2.37. The lowest BCUT2D eigenvalue weighted by molar-refractivity contribution is 0.329. The first-order chi connectivity index (χ1) is 5.33. The minimum absolute atomic E-state index is 0.646. The van der Waals surface area contributed by atoms with Gasteiger partial charge in [-0.15, -0.1) is 0 Å². The van der Waals surface area contributed by atoms with E-state index in [1.807, 2.05) is 6.08 Å². The monoisotopic (exact) mass is 149 g/mol. The zero-order valence-electron chi connectivity index (χ0n) is 6.92. The van der Waals surface area contributed by atoms with Crippen LogP contribution in [0.4, 0.5) is 0 Å². The van der Waals surface area contributed by atoms with Gasteiger partial charge in [-0.05, 0) is 37.4 Å². The fourth-order valence-electron chi connectivity index (χ4n) is 2.47. The Morgan fingerprint density at radius 2 is 2.00 bits per heavy atom. The van der Waals surface area contributed by atoms with Crippen LogP contribution in [0.5, 0.6) is 0 Å². The number of hydrogen-bond donors (Lipinski definition) is 0. The van der Waals surface area contributed by atoms with Crippen molar-refractivity contribution in [3.8, 4) is 0 Å². The van der Waals surface area contributed by atoms with E-state index in [0.717, 1.165) is 5.92 Å². The second-order valence-corrected chi connectivity index (χ2v) is 3.60. The highest BCUT2D eigenvalue weighted by molar-refractivity contribution is 5.23. The van der Waals surface area contributed by atoms with Crippen molar-refractivity contribution in [1.29, 1.82) is 0 Å². The lowest BCUT2D eigenvalue weighted by Gasteiger charge is -2.18. The lowest BCUT2D eigenvalue weighted by Crippen LogP contribution is -2.26. The zero-order valence-corrected chi connectivity index (χ0v) is 6.92. The molecule has 0 aromatic rings. The van der Waals surface area contributed by atoms with Gasteiger partial charge in [-0.1, -0.05) is 19.2 Å². The van der Waals surface area contributed by atoms with Crippen molar-refractivity contribution in [2.45, 2.75) is 18.9 Å². The van der Waals surface area contributed by atoms with E-state index < -0.39 is 0 Å². The van der Waals surface area contributed by atoms with Crippen LogP contribution in [-0.4, -0.2) is 24.0 Å². The summed E-state index contributed by atoms with van der Waals surface area (Å²) < 4.78 is 0. The number of hydrogen-bond acceptors (Lipinski definition) is 1. The Kier molecular flexibility index (Phi) is 1.61. The number of piperidine rings is 1. The number of nitrogens with zero attached hydrogens (tertiary/aromatic N) is 1. The van der Waals surface area contributed by atoms with E-state index in [4.69, 9.17) is 0 Å². The van der Waals surface area contributed by atoms with Crippen LogP contribution in [0.25, 0.3) is 0 Å². The third-order valence-electron chi connectivity index (χ3n) is 3.06. The smallest absolute Gasteiger partial charge is 0.0371 e. The van der Waals surface area contributed by atoms with E-state index in [1.54, 1.807) is 0 Å². The van der Waals surface area contributed by atoms with Crippen molar-refractivity contribution in [2.75, 3.05) is 13.1 Å². The molecule has 1 atom stereocenters. The van der Waals surface area contributed by atoms with Crippen LogP contribution in [0.1, 0.15) is 12.8 Å². The molecular weight excluding hydrogens is 134 g/mol. The molecule has 60 valence electrons. The maximum Gasteiger partial charge on any atom is 0.0371 e. The maximum atomic E-state index is 4.04. The zero-order chi connectivity index (χ0) is 7.84. The van der Waals surface area contributed by atoms with E-state index in [0.29, 0.717) is 6.04 Å². The summed E-state index contributed by atoms with van der Waals surface area (Å²) in [6.07, 6.45) is 4.66. The molecule has 0 aromatic carbocycles. The largest absolute Gasteiger partial charge is 0.296 e. The van der Waals surface area contributed by atoms with E-state index in [9.17, 15) is 0 Å². The number of fused-ring (bicyclic) bond motifs is 2. The maximum absolute atomic E-state index is 4.04. The van der Waals surface area contributed by atoms with Crippen LogP contribution in [0.15, 0.2) is 24.8 Å². The molecule has 0 spiro atoms. The van der Waals surface area contributed by atoms with E-state index in [-0.39, 0.29) is 0 Å². The minimum atomic E-state index is 0.646. The summed E-state index contributed by atoms with van der Waals surface area (Å²) >= 11 is 0. The summed E-state index contributed by atoms with van der Waals surface area (Å²) in [6.45, 7) is 10.4. The van der Waals surface area contributed by atoms with Gasteiger partial charge in [0.1, 0.15) is 0 Å². The summed E-state index contributed by atoms with van der Waals surface area (Å²) in [4.78, 5) is 2.54. The highest BCUT2D eigenvalue weighted by Gasteiger charge is 2.39. The van der Waals surface area contributed by atoms with Gasteiger partial charge in [0.25, 0.3) is 0 Å². The Hall–Kier alpha value is -0.560. The molecule has 0 N–H and O–H groups in total. The Balaban J connectivity index is 2.15. The van der Waals surface area contributed by atoms with E-state index in [2.05, 4.69) is 18.1 Å². The normalized spacial score (nSPS) is 40.9. The average Bonchev–Trinajstić information content (AvgIpc) is 2.61. The standard InChI is InChI=1S/C10H15N/c1-3-8(2)10-9-4-6-11(10)7-5-9/h3,9-10H,1-2,4-7H2. The minimum Gasteiger partial charge on any atom is -0.296 e. The van der Waals surface area contributed by atoms with Gasteiger partial charge < -0.3 is 0 Å². The number of rotatable bonds is 2. The van der Waals surface area contributed by atoms with Gasteiger partial charge in [0.2, 0.25) is 0 Å². The van der Waals surface area contributed by atoms with Gasteiger partial charge in [-0.25, -0.2) is 0 Å². The SMILES string of the molecule is C=CC(=C)C1C2CCN1CC2. The molecule has 0 aliphatic carbocycles. The van der Waals surface area contributed by atoms with Crippen LogP contribution in [0, 0.1) is 5.92 Å². The third-order valence-corrected chi connectivity index (χ3v) is 3.06. The summed E-state index contributed by atoms with van der Waals surface area (Å²) in [5, 5.41) is 0. The van der Waals surface area contributed by atoms with Crippen molar-refractivity contribution < 1.29 is 0 Å². The van der Waals surface area contributed by atoms with Crippen LogP contribution in [0.2, 0.25) is 0 Å². The molecular formula is C10H15N. The van der Waals surface area contributed by atoms with Crippen LogP contribution < -0.4 is 0 Å². The molecule has 2 fully saturated rings. The van der Waals surface area contributed by atoms with Gasteiger partial charge in [-0.2, -0.15) is 0 Å². The first-order valence-corrected chi connectivity index (χ1v) is 4.38. The van der Waals surface area contributed by atoms with Gasteiger partial charge >= 0.3 is 0 Å². The molecule has 0 amide bonds. The Morgan fingerprint density at radius 1 is 1.36 bits per heavy atom. The molecule has 0 aromatic heterocycles. The molecule has 0 radical (unpaired) electrons. The Labute approximate surface area is 68.4 Å². The first kappa shape index (κ1) is 7.11. The van der Waals surface area contributed by atoms with Gasteiger partial charge in [-0.3, -0.25) is 4.90 Å². The fourth-order valence-corrected chi connectivity index (χ4v) is 2.47. The van der Waals surface area contributed by atoms with Gasteiger partial charge in [0.05, 0.1) is 0 Å². The quantitative estimate of drug-likeness (QED) is 0.541. The molecule has 2 rings (SSSR count). The molecule has 2 saturated heterocycles. The predicted octanol–water partition coefficient (Wildman–Crippen LogP) is 1.82. The fraction of sp³-hybridized carbons (Fsp3) is 0.600. The summed E-state index contributed by atoms with van der Waals surface area (Å²) in [5.41, 5.74) is 1.23. The van der Waals surface area contributed by atoms with Gasteiger partial charge in [0.15, 0.2) is 0 Å². The first-order valence-electron chi connectivity index (χ1n) is 4.38. The molecule has 11 heavy (non-hydrogen) atoms. The van der Waals surface area contributed by atoms with Crippen LogP contribution >= 0.6 is 0 Å². The van der Waals surface area contributed by atoms with Gasteiger partial charge in [0, 0.05) is 6.04 Å². The molecule has 2 aliphatic heterocycles.